The lowest BCUT2D eigenvalue weighted by Crippen LogP contribution is -2.32. The average Bonchev–Trinajstić information content (AvgIpc) is 2.95. The Labute approximate surface area is 164 Å². The van der Waals surface area contributed by atoms with Crippen molar-refractivity contribution in [1.29, 1.82) is 0 Å². The Kier molecular flexibility index (Phi) is 11.2. The van der Waals surface area contributed by atoms with E-state index in [1.165, 1.54) is 18.5 Å². The number of unbranched alkanes of at least 4 members (excludes halogenated alkanes) is 1. The first-order chi connectivity index (χ1) is 12.9. The molecule has 1 saturated heterocycles. The summed E-state index contributed by atoms with van der Waals surface area (Å²) in [4.78, 5) is 24.3. The highest BCUT2D eigenvalue weighted by molar-refractivity contribution is 5.76. The van der Waals surface area contributed by atoms with Crippen LogP contribution in [0.25, 0.3) is 0 Å². The molecule has 6 heteroatoms. The molecule has 0 radical (unpaired) electrons. The summed E-state index contributed by atoms with van der Waals surface area (Å²) in [7, 11) is 6.08. The van der Waals surface area contributed by atoms with Gasteiger partial charge in [-0.15, -0.1) is 0 Å². The molecular weight excluding hydrogens is 340 g/mol. The van der Waals surface area contributed by atoms with Gasteiger partial charge in [-0.2, -0.15) is 0 Å². The molecule has 6 nitrogen and oxygen atoms in total. The van der Waals surface area contributed by atoms with Gasteiger partial charge in [-0.1, -0.05) is 31.0 Å². The molecule has 0 aromatic heterocycles. The summed E-state index contributed by atoms with van der Waals surface area (Å²) in [5.74, 6) is -0.0337. The van der Waals surface area contributed by atoms with Crippen molar-refractivity contribution in [1.82, 2.24) is 9.91 Å². The fraction of sp³-hybridized carbons (Fsp3) is 0.619. The minimum absolute atomic E-state index is 0.242. The number of para-hydroxylation sites is 1. The maximum absolute atomic E-state index is 11.8. The molecule has 1 heterocycles. The summed E-state index contributed by atoms with van der Waals surface area (Å²) >= 11 is 0. The van der Waals surface area contributed by atoms with Crippen LogP contribution in [0.15, 0.2) is 30.3 Å². The first-order valence-corrected chi connectivity index (χ1v) is 9.94. The van der Waals surface area contributed by atoms with Gasteiger partial charge in [0.2, 0.25) is 11.8 Å². The molecule has 0 aliphatic carbocycles. The van der Waals surface area contributed by atoms with Crippen molar-refractivity contribution in [3.8, 4) is 0 Å². The van der Waals surface area contributed by atoms with Crippen LogP contribution >= 0.6 is 0 Å². The molecule has 2 amide bonds. The number of nitrogens with two attached hydrogens (primary N) is 1. The molecule has 2 N–H and O–H groups in total. The van der Waals surface area contributed by atoms with E-state index >= 15 is 0 Å². The topological polar surface area (TPSA) is 69.9 Å². The molecule has 0 saturated carbocycles. The summed E-state index contributed by atoms with van der Waals surface area (Å²) in [6.45, 7) is 1.82. The van der Waals surface area contributed by atoms with Gasteiger partial charge in [0, 0.05) is 47.1 Å². The van der Waals surface area contributed by atoms with Crippen LogP contribution < -0.4 is 10.7 Å². The quantitative estimate of drug-likeness (QED) is 0.587. The van der Waals surface area contributed by atoms with Crippen molar-refractivity contribution < 1.29 is 9.59 Å². The Hall–Kier alpha value is -2.08. The number of hydrogen-bond acceptors (Lipinski definition) is 4. The van der Waals surface area contributed by atoms with E-state index in [4.69, 9.17) is 5.73 Å². The minimum atomic E-state index is -0.276. The summed E-state index contributed by atoms with van der Waals surface area (Å²) in [6.07, 6.45) is 7.21. The Balaban J connectivity index is 0.000000289. The lowest BCUT2D eigenvalue weighted by Gasteiger charge is -2.26. The van der Waals surface area contributed by atoms with Crippen LogP contribution in [0, 0.1) is 0 Å². The summed E-state index contributed by atoms with van der Waals surface area (Å²) in [5.41, 5.74) is 6.24. The number of hydrogen-bond donors (Lipinski definition) is 1. The van der Waals surface area contributed by atoms with E-state index in [1.807, 2.05) is 49.3 Å². The molecule has 1 aliphatic heterocycles. The van der Waals surface area contributed by atoms with Gasteiger partial charge in [-0.3, -0.25) is 9.59 Å². The lowest BCUT2D eigenvalue weighted by molar-refractivity contribution is -0.131. The van der Waals surface area contributed by atoms with Crippen molar-refractivity contribution in [3.05, 3.63) is 30.3 Å². The number of carbonyl (C=O) groups excluding carboxylic acids is 2. The maximum Gasteiger partial charge on any atom is 0.222 e. The standard InChI is InChI=1S/C12H22N2O2.C9H14N2/c13-11(15)7-3-4-8-12(16)14-9-5-1-2-6-10-14;1-10(2)11(3)9-7-5-4-6-8-9/h1-10H2,(H2,13,15);4-8H,1-3H3. The minimum Gasteiger partial charge on any atom is -0.370 e. The molecule has 1 aromatic carbocycles. The zero-order valence-electron chi connectivity index (χ0n) is 17.2. The number of primary amides is 1. The van der Waals surface area contributed by atoms with Gasteiger partial charge in [0.15, 0.2) is 0 Å². The van der Waals surface area contributed by atoms with E-state index in [1.54, 1.807) is 0 Å². The zero-order chi connectivity index (χ0) is 20.1. The highest BCUT2D eigenvalue weighted by Crippen LogP contribution is 2.12. The average molecular weight is 377 g/mol. The van der Waals surface area contributed by atoms with E-state index in [-0.39, 0.29) is 11.8 Å². The molecule has 2 rings (SSSR count). The maximum atomic E-state index is 11.8. The molecule has 27 heavy (non-hydrogen) atoms. The largest absolute Gasteiger partial charge is 0.370 e. The second-order valence-corrected chi connectivity index (χ2v) is 7.17. The monoisotopic (exact) mass is 376 g/mol. The van der Waals surface area contributed by atoms with E-state index in [9.17, 15) is 9.59 Å². The first-order valence-electron chi connectivity index (χ1n) is 9.94. The Morgan fingerprint density at radius 3 is 2.00 bits per heavy atom. The molecule has 152 valence electrons. The third-order valence-corrected chi connectivity index (χ3v) is 4.75. The van der Waals surface area contributed by atoms with Gasteiger partial charge >= 0.3 is 0 Å². The molecule has 0 spiro atoms. The van der Waals surface area contributed by atoms with Crippen LogP contribution in [0.5, 0.6) is 0 Å². The fourth-order valence-corrected chi connectivity index (χ4v) is 2.93. The van der Waals surface area contributed by atoms with Gasteiger partial charge in [-0.25, -0.2) is 5.01 Å². The predicted molar refractivity (Wildman–Crippen MR) is 111 cm³/mol. The molecule has 0 atom stereocenters. The summed E-state index contributed by atoms with van der Waals surface area (Å²) in [6, 6.07) is 10.3. The summed E-state index contributed by atoms with van der Waals surface area (Å²) in [5, 5.41) is 4.12. The molecular formula is C21H36N4O2. The number of hydrazine groups is 1. The van der Waals surface area contributed by atoms with E-state index in [2.05, 4.69) is 17.1 Å². The van der Waals surface area contributed by atoms with E-state index < -0.39 is 0 Å². The number of rotatable bonds is 7. The van der Waals surface area contributed by atoms with Crippen LogP contribution in [0.4, 0.5) is 5.69 Å². The lowest BCUT2D eigenvalue weighted by atomic mass is 10.1. The van der Waals surface area contributed by atoms with Crippen molar-refractivity contribution in [2.45, 2.75) is 51.4 Å². The number of likely N-dealkylation sites (tertiary alicyclic amines) is 1. The van der Waals surface area contributed by atoms with E-state index in [0.717, 1.165) is 38.8 Å². The number of amides is 2. The smallest absolute Gasteiger partial charge is 0.222 e. The molecule has 0 bridgehead atoms. The number of nitrogens with zero attached hydrogens (tertiary/aromatic N) is 3. The van der Waals surface area contributed by atoms with Crippen LogP contribution in [-0.2, 0) is 9.59 Å². The third kappa shape index (κ3) is 9.99. The third-order valence-electron chi connectivity index (χ3n) is 4.75. The number of benzene rings is 1. The van der Waals surface area contributed by atoms with Gasteiger partial charge < -0.3 is 15.6 Å². The Morgan fingerprint density at radius 2 is 1.48 bits per heavy atom. The van der Waals surface area contributed by atoms with Gasteiger partial charge in [0.1, 0.15) is 0 Å². The van der Waals surface area contributed by atoms with Crippen molar-refractivity contribution >= 4 is 17.5 Å². The van der Waals surface area contributed by atoms with E-state index in [0.29, 0.717) is 12.8 Å². The zero-order valence-corrected chi connectivity index (χ0v) is 17.2. The van der Waals surface area contributed by atoms with Crippen molar-refractivity contribution in [2.24, 2.45) is 5.73 Å². The van der Waals surface area contributed by atoms with Crippen LogP contribution in [-0.4, -0.2) is 56.0 Å². The van der Waals surface area contributed by atoms with Crippen LogP contribution in [0.1, 0.15) is 51.4 Å². The van der Waals surface area contributed by atoms with Crippen LogP contribution in [0.3, 0.4) is 0 Å². The molecule has 1 fully saturated rings. The molecule has 1 aliphatic rings. The second-order valence-electron chi connectivity index (χ2n) is 7.17. The van der Waals surface area contributed by atoms with Gasteiger partial charge in [0.25, 0.3) is 0 Å². The van der Waals surface area contributed by atoms with Gasteiger partial charge in [0.05, 0.1) is 5.69 Å². The number of anilines is 1. The molecule has 0 unspecified atom stereocenters. The normalized spacial score (nSPS) is 14.1. The Morgan fingerprint density at radius 1 is 0.926 bits per heavy atom. The van der Waals surface area contributed by atoms with Crippen molar-refractivity contribution in [3.63, 3.8) is 0 Å². The highest BCUT2D eigenvalue weighted by atomic mass is 16.2. The fourth-order valence-electron chi connectivity index (χ4n) is 2.93. The van der Waals surface area contributed by atoms with Gasteiger partial charge in [-0.05, 0) is 37.8 Å². The SMILES string of the molecule is CN(C)N(C)c1ccccc1.NC(=O)CCCCC(=O)N1CCCCCC1. The summed E-state index contributed by atoms with van der Waals surface area (Å²) < 4.78 is 0. The first kappa shape index (κ1) is 23.0. The molecule has 1 aromatic rings. The number of carbonyl (C=O) groups is 2. The van der Waals surface area contributed by atoms with Crippen molar-refractivity contribution in [2.75, 3.05) is 39.2 Å². The Bertz CT molecular complexity index is 540. The predicted octanol–water partition coefficient (Wildman–Crippen LogP) is 3.03. The van der Waals surface area contributed by atoms with Crippen LogP contribution in [0.2, 0.25) is 0 Å². The highest BCUT2D eigenvalue weighted by Gasteiger charge is 2.14. The second kappa shape index (κ2) is 13.1.